The van der Waals surface area contributed by atoms with E-state index in [1.54, 1.807) is 25.3 Å². The molecule has 42 heavy (non-hydrogen) atoms. The molecule has 14 heteroatoms. The number of aromatic nitrogens is 4. The number of nitrogens with zero attached hydrogens (tertiary/aromatic N) is 6. The van der Waals surface area contributed by atoms with Gasteiger partial charge in [-0.15, -0.1) is 0 Å². The van der Waals surface area contributed by atoms with Crippen LogP contribution in [0.2, 0.25) is 0 Å². The number of benzene rings is 1. The lowest BCUT2D eigenvalue weighted by atomic mass is 10.1. The molecule has 224 valence electrons. The van der Waals surface area contributed by atoms with Crippen molar-refractivity contribution in [2.24, 2.45) is 7.05 Å². The quantitative estimate of drug-likeness (QED) is 0.182. The van der Waals surface area contributed by atoms with E-state index in [-0.39, 0.29) is 29.3 Å². The lowest BCUT2D eigenvalue weighted by Crippen LogP contribution is -2.49. The molecule has 3 heterocycles. The molecule has 0 aliphatic carbocycles. The molecule has 3 aromatic rings. The fourth-order valence-electron chi connectivity index (χ4n) is 4.97. The summed E-state index contributed by atoms with van der Waals surface area (Å²) in [5, 5.41) is 14.4. The Morgan fingerprint density at radius 2 is 1.93 bits per heavy atom. The number of amides is 1. The number of carbonyl (C=O) groups is 2. The van der Waals surface area contributed by atoms with Crippen molar-refractivity contribution in [2.45, 2.75) is 65.3 Å². The number of hydrogen-bond acceptors (Lipinski definition) is 9. The second-order valence-electron chi connectivity index (χ2n) is 11.1. The Labute approximate surface area is 241 Å². The largest absolute Gasteiger partial charge is 0.444 e. The molecule has 0 saturated carbocycles. The van der Waals surface area contributed by atoms with Gasteiger partial charge in [-0.3, -0.25) is 28.8 Å². The first-order valence-corrected chi connectivity index (χ1v) is 13.6. The summed E-state index contributed by atoms with van der Waals surface area (Å²) in [4.78, 5) is 70.0. The average molecular weight is 582 g/mol. The lowest BCUT2D eigenvalue weighted by molar-refractivity contribution is -0.385. The summed E-state index contributed by atoms with van der Waals surface area (Å²) < 4.78 is 9.06. The number of alkyl carbamates (subject to hydrolysis) is 1. The molecule has 1 N–H and O–H groups in total. The number of ether oxygens (including phenoxy) is 1. The molecule has 2 aromatic heterocycles. The minimum absolute atomic E-state index is 0.114. The summed E-state index contributed by atoms with van der Waals surface area (Å²) >= 11 is 0. The Morgan fingerprint density at radius 1 is 1.21 bits per heavy atom. The molecule has 1 amide bonds. The van der Waals surface area contributed by atoms with Gasteiger partial charge < -0.3 is 19.5 Å². The minimum atomic E-state index is -0.773. The van der Waals surface area contributed by atoms with Crippen molar-refractivity contribution in [3.8, 4) is 0 Å². The number of piperidine rings is 1. The second kappa shape index (κ2) is 12.0. The zero-order valence-corrected chi connectivity index (χ0v) is 24.3. The van der Waals surface area contributed by atoms with Crippen molar-refractivity contribution >= 4 is 34.7 Å². The number of nitrogens with one attached hydrogen (secondary N) is 1. The van der Waals surface area contributed by atoms with Gasteiger partial charge in [-0.2, -0.15) is 4.98 Å². The van der Waals surface area contributed by atoms with E-state index in [0.717, 1.165) is 17.4 Å². The molecular weight excluding hydrogens is 546 g/mol. The van der Waals surface area contributed by atoms with Crippen LogP contribution in [0.5, 0.6) is 0 Å². The summed E-state index contributed by atoms with van der Waals surface area (Å²) in [6, 6.07) is 5.16. The van der Waals surface area contributed by atoms with E-state index in [9.17, 15) is 29.3 Å². The Bertz CT molecular complexity index is 1680. The standard InChI is InChI=1S/C28H35N7O7/c1-6-7-15-33-22-23(30-25(33)32-14-10-11-18(16-32)29-26(38)42-28(2,3)4)31(5)27(39)34(24(22)37)17-21(36)19-12-8-9-13-20(19)35(40)41/h6-9,12-13,18H,10-11,14-17H2,1-5H3,(H,29,38). The molecule has 1 aliphatic rings. The maximum Gasteiger partial charge on any atom is 0.407 e. The van der Waals surface area contributed by atoms with Gasteiger partial charge in [0.25, 0.3) is 11.2 Å². The van der Waals surface area contributed by atoms with Crippen molar-refractivity contribution in [3.63, 3.8) is 0 Å². The molecule has 1 aromatic carbocycles. The van der Waals surface area contributed by atoms with Crippen LogP contribution in [0.25, 0.3) is 11.2 Å². The summed E-state index contributed by atoms with van der Waals surface area (Å²) in [5.74, 6) is -0.304. The highest BCUT2D eigenvalue weighted by molar-refractivity contribution is 5.99. The van der Waals surface area contributed by atoms with Crippen molar-refractivity contribution in [2.75, 3.05) is 18.0 Å². The summed E-state index contributed by atoms with van der Waals surface area (Å²) in [6.45, 7) is 7.77. The molecule has 1 unspecified atom stereocenters. The zero-order chi connectivity index (χ0) is 30.8. The maximum absolute atomic E-state index is 13.8. The van der Waals surface area contributed by atoms with Crippen LogP contribution in [-0.2, 0) is 24.9 Å². The van der Waals surface area contributed by atoms with Gasteiger partial charge in [-0.05, 0) is 46.6 Å². The average Bonchev–Trinajstić information content (AvgIpc) is 3.31. The van der Waals surface area contributed by atoms with E-state index in [1.807, 2.05) is 24.0 Å². The topological polar surface area (TPSA) is 164 Å². The third kappa shape index (κ3) is 6.26. The van der Waals surface area contributed by atoms with Gasteiger partial charge in [0.05, 0.1) is 17.0 Å². The number of hydrogen-bond donors (Lipinski definition) is 1. The van der Waals surface area contributed by atoms with Crippen LogP contribution in [0.3, 0.4) is 0 Å². The first kappa shape index (κ1) is 30.2. The molecule has 1 fully saturated rings. The first-order chi connectivity index (χ1) is 19.8. The number of ketones is 1. The number of para-hydroxylation sites is 1. The number of allylic oxidation sites excluding steroid dienone is 2. The van der Waals surface area contributed by atoms with Gasteiger partial charge in [0.2, 0.25) is 5.95 Å². The molecule has 1 atom stereocenters. The number of fused-ring (bicyclic) bond motifs is 1. The van der Waals surface area contributed by atoms with E-state index < -0.39 is 45.9 Å². The number of nitro groups is 1. The number of anilines is 1. The highest BCUT2D eigenvalue weighted by Crippen LogP contribution is 2.24. The second-order valence-corrected chi connectivity index (χ2v) is 11.1. The van der Waals surface area contributed by atoms with Crippen molar-refractivity contribution in [1.29, 1.82) is 0 Å². The van der Waals surface area contributed by atoms with Crippen LogP contribution in [0.4, 0.5) is 16.4 Å². The number of rotatable bonds is 8. The van der Waals surface area contributed by atoms with Crippen molar-refractivity contribution < 1.29 is 19.2 Å². The van der Waals surface area contributed by atoms with Gasteiger partial charge >= 0.3 is 11.8 Å². The van der Waals surface area contributed by atoms with Gasteiger partial charge in [0, 0.05) is 38.8 Å². The molecule has 4 rings (SSSR count). The fourth-order valence-corrected chi connectivity index (χ4v) is 4.97. The molecule has 0 radical (unpaired) electrons. The van der Waals surface area contributed by atoms with Gasteiger partial charge in [-0.25, -0.2) is 9.59 Å². The Morgan fingerprint density at radius 3 is 2.60 bits per heavy atom. The highest BCUT2D eigenvalue weighted by atomic mass is 16.6. The molecule has 1 saturated heterocycles. The van der Waals surface area contributed by atoms with Crippen molar-refractivity contribution in [3.05, 3.63) is 72.9 Å². The number of aryl methyl sites for hydroxylation is 1. The van der Waals surface area contributed by atoms with Crippen LogP contribution >= 0.6 is 0 Å². The van der Waals surface area contributed by atoms with Crippen LogP contribution < -0.4 is 21.5 Å². The smallest absolute Gasteiger partial charge is 0.407 e. The van der Waals surface area contributed by atoms with Crippen molar-refractivity contribution in [1.82, 2.24) is 24.0 Å². The van der Waals surface area contributed by atoms with E-state index in [0.29, 0.717) is 19.0 Å². The third-order valence-corrected chi connectivity index (χ3v) is 6.86. The SMILES string of the molecule is CC=CCn1c(N2CCCC(NC(=O)OC(C)(C)C)C2)nc2c1c(=O)n(CC(=O)c1ccccc1[N+](=O)[O-])c(=O)n2C. The normalized spacial score (nSPS) is 15.7. The van der Waals surface area contributed by atoms with Gasteiger partial charge in [0.1, 0.15) is 5.60 Å². The van der Waals surface area contributed by atoms with E-state index >= 15 is 0 Å². The Hall–Kier alpha value is -4.75. The summed E-state index contributed by atoms with van der Waals surface area (Å²) in [5.41, 5.74) is -2.50. The summed E-state index contributed by atoms with van der Waals surface area (Å²) in [6.07, 6.45) is 4.59. The summed E-state index contributed by atoms with van der Waals surface area (Å²) in [7, 11) is 1.45. The van der Waals surface area contributed by atoms with Crippen LogP contribution in [-0.4, -0.2) is 60.2 Å². The van der Waals surface area contributed by atoms with Gasteiger partial charge in [0.15, 0.2) is 16.9 Å². The fraction of sp³-hybridized carbons (Fsp3) is 0.464. The van der Waals surface area contributed by atoms with Crippen LogP contribution in [0.1, 0.15) is 50.9 Å². The Balaban J connectivity index is 1.75. The van der Waals surface area contributed by atoms with Crippen LogP contribution in [0.15, 0.2) is 46.0 Å². The predicted octanol–water partition coefficient (Wildman–Crippen LogP) is 2.76. The third-order valence-electron chi connectivity index (χ3n) is 6.86. The zero-order valence-electron chi connectivity index (χ0n) is 24.3. The number of nitro benzene ring substituents is 1. The molecule has 14 nitrogen and oxygen atoms in total. The first-order valence-electron chi connectivity index (χ1n) is 13.6. The monoisotopic (exact) mass is 581 g/mol. The van der Waals surface area contributed by atoms with Gasteiger partial charge in [-0.1, -0.05) is 24.3 Å². The molecule has 0 spiro atoms. The molecule has 1 aliphatic heterocycles. The Kier molecular flexibility index (Phi) is 8.64. The van der Waals surface area contributed by atoms with E-state index in [4.69, 9.17) is 4.74 Å². The maximum atomic E-state index is 13.8. The molecule has 0 bridgehead atoms. The highest BCUT2D eigenvalue weighted by Gasteiger charge is 2.29. The number of carbonyl (C=O) groups excluding carboxylic acids is 2. The van der Waals surface area contributed by atoms with Crippen LogP contribution in [0, 0.1) is 10.1 Å². The van der Waals surface area contributed by atoms with E-state index in [1.165, 1.54) is 35.9 Å². The number of Topliss-reactive ketones (excluding diaryl/α,β-unsaturated/α-hetero) is 1. The lowest BCUT2D eigenvalue weighted by Gasteiger charge is -2.34. The molecular formula is C28H35N7O7. The predicted molar refractivity (Wildman–Crippen MR) is 156 cm³/mol. The van der Waals surface area contributed by atoms with E-state index in [2.05, 4.69) is 10.3 Å². The minimum Gasteiger partial charge on any atom is -0.444 e. The number of imidazole rings is 1.